The molecule has 1 saturated heterocycles. The van der Waals surface area contributed by atoms with E-state index >= 15 is 0 Å². The summed E-state index contributed by atoms with van der Waals surface area (Å²) in [4.78, 5) is 28.0. The van der Waals surface area contributed by atoms with E-state index in [1.165, 1.54) is 11.3 Å². The summed E-state index contributed by atoms with van der Waals surface area (Å²) in [6.07, 6.45) is 3.87. The fourth-order valence-electron chi connectivity index (χ4n) is 2.44. The van der Waals surface area contributed by atoms with Gasteiger partial charge in [0.25, 0.3) is 5.91 Å². The van der Waals surface area contributed by atoms with Gasteiger partial charge in [-0.15, -0.1) is 22.7 Å². The number of nitrogens with zero attached hydrogens (tertiary/aromatic N) is 1. The second-order valence-electron chi connectivity index (χ2n) is 5.21. The second kappa shape index (κ2) is 7.57. The van der Waals surface area contributed by atoms with Crippen molar-refractivity contribution in [2.75, 3.05) is 19.7 Å². The molecule has 0 radical (unpaired) electrons. The summed E-state index contributed by atoms with van der Waals surface area (Å²) in [6, 6.07) is 7.66. The van der Waals surface area contributed by atoms with E-state index in [4.69, 9.17) is 4.74 Å². The summed E-state index contributed by atoms with van der Waals surface area (Å²) in [5.41, 5.74) is 0.497. The molecule has 3 heterocycles. The summed E-state index contributed by atoms with van der Waals surface area (Å²) in [5, 5.41) is 3.88. The van der Waals surface area contributed by atoms with Gasteiger partial charge in [0.05, 0.1) is 5.57 Å². The number of esters is 1. The van der Waals surface area contributed by atoms with Crippen LogP contribution in [0.4, 0.5) is 0 Å². The standard InChI is InChI=1S/C17H17NO3S2/c19-16(18-7-1-2-8-18)12-21-17(20)14(15-6-4-10-23-15)11-13-5-3-9-22-13/h3-6,9-11H,1-2,7-8,12H2/b14-11-. The molecule has 120 valence electrons. The predicted octanol–water partition coefficient (Wildman–Crippen LogP) is 3.52. The van der Waals surface area contributed by atoms with Crippen molar-refractivity contribution in [1.82, 2.24) is 4.90 Å². The van der Waals surface area contributed by atoms with Gasteiger partial charge < -0.3 is 9.64 Å². The van der Waals surface area contributed by atoms with Gasteiger partial charge in [-0.1, -0.05) is 12.1 Å². The minimum absolute atomic E-state index is 0.113. The third-order valence-corrected chi connectivity index (χ3v) is 5.34. The van der Waals surface area contributed by atoms with E-state index in [9.17, 15) is 9.59 Å². The Kier molecular flexibility index (Phi) is 5.25. The van der Waals surface area contributed by atoms with E-state index in [-0.39, 0.29) is 12.5 Å². The topological polar surface area (TPSA) is 46.6 Å². The molecular formula is C17H17NO3S2. The Labute approximate surface area is 143 Å². The molecule has 23 heavy (non-hydrogen) atoms. The van der Waals surface area contributed by atoms with Crippen molar-refractivity contribution in [2.24, 2.45) is 0 Å². The number of thiophene rings is 2. The minimum atomic E-state index is -0.451. The second-order valence-corrected chi connectivity index (χ2v) is 7.14. The van der Waals surface area contributed by atoms with E-state index in [1.54, 1.807) is 16.2 Å². The third kappa shape index (κ3) is 4.09. The molecule has 2 aromatic heterocycles. The van der Waals surface area contributed by atoms with Gasteiger partial charge >= 0.3 is 5.97 Å². The molecular weight excluding hydrogens is 330 g/mol. The molecule has 4 nitrogen and oxygen atoms in total. The molecule has 1 amide bonds. The third-order valence-electron chi connectivity index (χ3n) is 3.62. The maximum atomic E-state index is 12.4. The maximum Gasteiger partial charge on any atom is 0.340 e. The lowest BCUT2D eigenvalue weighted by Gasteiger charge is -2.15. The number of likely N-dealkylation sites (tertiary alicyclic amines) is 1. The van der Waals surface area contributed by atoms with Gasteiger partial charge in [0.2, 0.25) is 0 Å². The lowest BCUT2D eigenvalue weighted by molar-refractivity contribution is -0.146. The summed E-state index contributed by atoms with van der Waals surface area (Å²) in [7, 11) is 0. The Morgan fingerprint density at radius 2 is 1.87 bits per heavy atom. The molecule has 0 atom stereocenters. The highest BCUT2D eigenvalue weighted by Gasteiger charge is 2.21. The van der Waals surface area contributed by atoms with Gasteiger partial charge in [0.1, 0.15) is 0 Å². The monoisotopic (exact) mass is 347 g/mol. The van der Waals surface area contributed by atoms with Crippen molar-refractivity contribution in [3.05, 3.63) is 44.8 Å². The number of rotatable bonds is 5. The van der Waals surface area contributed by atoms with Crippen molar-refractivity contribution < 1.29 is 14.3 Å². The Bertz CT molecular complexity index is 684. The number of carbonyl (C=O) groups is 2. The number of ether oxygens (including phenoxy) is 1. The van der Waals surface area contributed by atoms with Crippen LogP contribution in [-0.2, 0) is 14.3 Å². The summed E-state index contributed by atoms with van der Waals surface area (Å²) >= 11 is 3.04. The van der Waals surface area contributed by atoms with Gasteiger partial charge in [-0.25, -0.2) is 4.79 Å². The number of hydrogen-bond donors (Lipinski definition) is 0. The van der Waals surface area contributed by atoms with Crippen LogP contribution in [0.2, 0.25) is 0 Å². The van der Waals surface area contributed by atoms with Gasteiger partial charge in [0.15, 0.2) is 6.61 Å². The fraction of sp³-hybridized carbons (Fsp3) is 0.294. The summed E-state index contributed by atoms with van der Waals surface area (Å²) in [5.74, 6) is -0.564. The Balaban J connectivity index is 1.69. The highest BCUT2D eigenvalue weighted by molar-refractivity contribution is 7.12. The molecule has 0 unspecified atom stereocenters. The first-order valence-corrected chi connectivity index (χ1v) is 9.24. The lowest BCUT2D eigenvalue weighted by atomic mass is 10.2. The summed E-state index contributed by atoms with van der Waals surface area (Å²) in [6.45, 7) is 1.34. The first-order valence-electron chi connectivity index (χ1n) is 7.48. The largest absolute Gasteiger partial charge is 0.452 e. The highest BCUT2D eigenvalue weighted by atomic mass is 32.1. The van der Waals surface area contributed by atoms with Crippen molar-refractivity contribution >= 4 is 46.2 Å². The zero-order valence-electron chi connectivity index (χ0n) is 12.6. The first kappa shape index (κ1) is 16.0. The van der Waals surface area contributed by atoms with E-state index in [0.29, 0.717) is 5.57 Å². The smallest absolute Gasteiger partial charge is 0.340 e. The molecule has 3 rings (SSSR count). The molecule has 1 fully saturated rings. The molecule has 0 aliphatic carbocycles. The number of carbonyl (C=O) groups excluding carboxylic acids is 2. The van der Waals surface area contributed by atoms with E-state index in [1.807, 2.05) is 41.1 Å². The van der Waals surface area contributed by atoms with Crippen LogP contribution >= 0.6 is 22.7 Å². The average molecular weight is 347 g/mol. The molecule has 2 aromatic rings. The van der Waals surface area contributed by atoms with Gasteiger partial charge in [-0.05, 0) is 41.8 Å². The molecule has 6 heteroatoms. The van der Waals surface area contributed by atoms with Crippen molar-refractivity contribution in [3.63, 3.8) is 0 Å². The van der Waals surface area contributed by atoms with Gasteiger partial charge in [-0.3, -0.25) is 4.79 Å². The van der Waals surface area contributed by atoms with Crippen LogP contribution in [-0.4, -0.2) is 36.5 Å². The van der Waals surface area contributed by atoms with Gasteiger partial charge in [-0.2, -0.15) is 0 Å². The molecule has 0 bridgehead atoms. The Hall–Kier alpha value is -1.92. The van der Waals surface area contributed by atoms with Crippen LogP contribution in [0.25, 0.3) is 11.6 Å². The zero-order chi connectivity index (χ0) is 16.1. The van der Waals surface area contributed by atoms with Crippen LogP contribution < -0.4 is 0 Å². The maximum absolute atomic E-state index is 12.4. The predicted molar refractivity (Wildman–Crippen MR) is 93.3 cm³/mol. The molecule has 0 N–H and O–H groups in total. The van der Waals surface area contributed by atoms with Crippen molar-refractivity contribution in [3.8, 4) is 0 Å². The number of hydrogen-bond acceptors (Lipinski definition) is 5. The summed E-state index contributed by atoms with van der Waals surface area (Å²) < 4.78 is 5.26. The van der Waals surface area contributed by atoms with Crippen LogP contribution in [0.3, 0.4) is 0 Å². The lowest BCUT2D eigenvalue weighted by Crippen LogP contribution is -2.32. The average Bonchev–Trinajstić information content (AvgIpc) is 3.32. The normalized spacial score (nSPS) is 15.0. The quantitative estimate of drug-likeness (QED) is 0.614. The van der Waals surface area contributed by atoms with Crippen LogP contribution in [0.1, 0.15) is 22.6 Å². The molecule has 1 aliphatic rings. The van der Waals surface area contributed by atoms with Crippen LogP contribution in [0.5, 0.6) is 0 Å². The Morgan fingerprint density at radius 3 is 2.52 bits per heavy atom. The van der Waals surface area contributed by atoms with Crippen LogP contribution in [0.15, 0.2) is 35.0 Å². The van der Waals surface area contributed by atoms with Crippen molar-refractivity contribution in [2.45, 2.75) is 12.8 Å². The van der Waals surface area contributed by atoms with E-state index < -0.39 is 5.97 Å². The molecule has 0 saturated carbocycles. The molecule has 1 aliphatic heterocycles. The fourth-order valence-corrected chi connectivity index (χ4v) is 3.83. The van der Waals surface area contributed by atoms with Crippen LogP contribution in [0, 0.1) is 0 Å². The van der Waals surface area contributed by atoms with E-state index in [2.05, 4.69) is 0 Å². The van der Waals surface area contributed by atoms with Gasteiger partial charge in [0, 0.05) is 22.8 Å². The molecule has 0 spiro atoms. The Morgan fingerprint density at radius 1 is 1.13 bits per heavy atom. The zero-order valence-corrected chi connectivity index (χ0v) is 14.2. The van der Waals surface area contributed by atoms with E-state index in [0.717, 1.165) is 35.7 Å². The molecule has 0 aromatic carbocycles. The highest BCUT2D eigenvalue weighted by Crippen LogP contribution is 2.25. The SMILES string of the molecule is O=C(OCC(=O)N1CCCC1)/C(=C\c1cccs1)c1cccs1. The van der Waals surface area contributed by atoms with Crippen molar-refractivity contribution in [1.29, 1.82) is 0 Å². The minimum Gasteiger partial charge on any atom is -0.452 e. The first-order chi connectivity index (χ1) is 11.2. The number of amides is 1.